The highest BCUT2D eigenvalue weighted by atomic mass is 19.1. The van der Waals surface area contributed by atoms with Crippen LogP contribution in [0, 0.1) is 11.6 Å². The molecule has 1 aromatic rings. The predicted octanol–water partition coefficient (Wildman–Crippen LogP) is 1.30. The normalized spacial score (nSPS) is 16.9. The largest absolute Gasteiger partial charge is 0.395 e. The first-order valence-electron chi connectivity index (χ1n) is 7.33. The van der Waals surface area contributed by atoms with Crippen LogP contribution in [-0.4, -0.2) is 60.9 Å². The van der Waals surface area contributed by atoms with E-state index < -0.39 is 11.6 Å². The van der Waals surface area contributed by atoms with Gasteiger partial charge >= 0.3 is 0 Å². The fraction of sp³-hybridized carbons (Fsp3) is 0.643. The summed E-state index contributed by atoms with van der Waals surface area (Å²) in [5, 5.41) is 11.8. The molecule has 0 amide bonds. The summed E-state index contributed by atoms with van der Waals surface area (Å²) < 4.78 is 27.6. The fourth-order valence-corrected chi connectivity index (χ4v) is 2.52. The van der Waals surface area contributed by atoms with E-state index in [1.807, 2.05) is 11.8 Å². The molecule has 1 saturated heterocycles. The minimum atomic E-state index is -0.671. The predicted molar refractivity (Wildman–Crippen MR) is 78.7 cm³/mol. The zero-order valence-corrected chi connectivity index (χ0v) is 12.3. The van der Waals surface area contributed by atoms with Crippen LogP contribution in [0.5, 0.6) is 0 Å². The molecule has 1 aliphatic heterocycles. The summed E-state index contributed by atoms with van der Waals surface area (Å²) in [4.78, 5) is 8.07. The Bertz CT molecular complexity index is 473. The molecule has 0 aliphatic carbocycles. The Labute approximate surface area is 123 Å². The van der Waals surface area contributed by atoms with Gasteiger partial charge in [0.15, 0.2) is 23.3 Å². The maximum absolute atomic E-state index is 14.0. The molecule has 2 rings (SSSR count). The molecule has 1 aromatic heterocycles. The number of rotatable bonds is 5. The minimum Gasteiger partial charge on any atom is -0.395 e. The van der Waals surface area contributed by atoms with E-state index in [0.717, 1.165) is 25.6 Å². The summed E-state index contributed by atoms with van der Waals surface area (Å²) in [7, 11) is 0. The molecule has 118 valence electrons. The highest BCUT2D eigenvalue weighted by Gasteiger charge is 2.20. The topological polar surface area (TPSA) is 51.6 Å². The number of anilines is 2. The van der Waals surface area contributed by atoms with Crippen LogP contribution in [0.1, 0.15) is 13.3 Å². The van der Waals surface area contributed by atoms with E-state index in [-0.39, 0.29) is 18.2 Å². The van der Waals surface area contributed by atoms with Gasteiger partial charge in [-0.2, -0.15) is 0 Å². The lowest BCUT2D eigenvalue weighted by molar-refractivity contribution is 0.204. The van der Waals surface area contributed by atoms with Crippen molar-refractivity contribution in [1.29, 1.82) is 0 Å². The molecule has 0 aromatic carbocycles. The van der Waals surface area contributed by atoms with E-state index in [0.29, 0.717) is 26.2 Å². The van der Waals surface area contributed by atoms with Crippen molar-refractivity contribution in [3.05, 3.63) is 17.7 Å². The summed E-state index contributed by atoms with van der Waals surface area (Å²) in [6.45, 7) is 5.98. The van der Waals surface area contributed by atoms with Gasteiger partial charge in [0.05, 0.1) is 6.61 Å². The van der Waals surface area contributed by atoms with Crippen LogP contribution in [0.4, 0.5) is 20.4 Å². The fourth-order valence-electron chi connectivity index (χ4n) is 2.52. The average Bonchev–Trinajstić information content (AvgIpc) is 2.68. The van der Waals surface area contributed by atoms with Crippen LogP contribution in [0.3, 0.4) is 0 Å². The SMILES string of the molecule is CCNc1nc(N2CCCN(CCO)CC2)c(F)cc1F. The molecule has 2 heterocycles. The van der Waals surface area contributed by atoms with Crippen molar-refractivity contribution in [1.82, 2.24) is 9.88 Å². The third-order valence-corrected chi connectivity index (χ3v) is 3.56. The second-order valence-corrected chi connectivity index (χ2v) is 5.06. The summed E-state index contributed by atoms with van der Waals surface area (Å²) >= 11 is 0. The van der Waals surface area contributed by atoms with Gasteiger partial charge in [0.1, 0.15) is 0 Å². The number of aliphatic hydroxyl groups is 1. The third kappa shape index (κ3) is 4.01. The summed E-state index contributed by atoms with van der Waals surface area (Å²) in [6, 6.07) is 0.886. The van der Waals surface area contributed by atoms with Gasteiger partial charge in [-0.15, -0.1) is 0 Å². The average molecular weight is 300 g/mol. The smallest absolute Gasteiger partial charge is 0.168 e. The highest BCUT2D eigenvalue weighted by molar-refractivity contribution is 5.49. The molecule has 1 aliphatic rings. The molecule has 0 saturated carbocycles. The molecule has 21 heavy (non-hydrogen) atoms. The zero-order valence-electron chi connectivity index (χ0n) is 12.3. The number of halogens is 2. The molecule has 0 radical (unpaired) electrons. The van der Waals surface area contributed by atoms with Crippen LogP contribution in [0.25, 0.3) is 0 Å². The van der Waals surface area contributed by atoms with Gasteiger partial charge in [-0.3, -0.25) is 4.90 Å². The number of pyridine rings is 1. The van der Waals surface area contributed by atoms with E-state index in [2.05, 4.69) is 15.2 Å². The van der Waals surface area contributed by atoms with Crippen molar-refractivity contribution in [2.45, 2.75) is 13.3 Å². The summed E-state index contributed by atoms with van der Waals surface area (Å²) in [5.41, 5.74) is 0. The Morgan fingerprint density at radius 1 is 1.24 bits per heavy atom. The first-order chi connectivity index (χ1) is 10.2. The number of aliphatic hydroxyl groups excluding tert-OH is 1. The Morgan fingerprint density at radius 2 is 2.05 bits per heavy atom. The van der Waals surface area contributed by atoms with Gasteiger partial charge in [-0.25, -0.2) is 13.8 Å². The number of nitrogens with zero attached hydrogens (tertiary/aromatic N) is 3. The van der Waals surface area contributed by atoms with E-state index >= 15 is 0 Å². The third-order valence-electron chi connectivity index (χ3n) is 3.56. The number of hydrogen-bond donors (Lipinski definition) is 2. The lowest BCUT2D eigenvalue weighted by atomic mass is 10.3. The van der Waals surface area contributed by atoms with Crippen LogP contribution in [-0.2, 0) is 0 Å². The second-order valence-electron chi connectivity index (χ2n) is 5.06. The second kappa shape index (κ2) is 7.51. The summed E-state index contributed by atoms with van der Waals surface area (Å²) in [5.74, 6) is -1.02. The number of β-amino-alcohol motifs (C(OH)–C–C–N with tert-alkyl or cyclic N) is 1. The Kier molecular flexibility index (Phi) is 5.69. The molecule has 0 bridgehead atoms. The first kappa shape index (κ1) is 15.9. The molecular formula is C14H22F2N4O. The quantitative estimate of drug-likeness (QED) is 0.858. The number of aromatic nitrogens is 1. The minimum absolute atomic E-state index is 0.0883. The molecule has 2 N–H and O–H groups in total. The lowest BCUT2D eigenvalue weighted by Gasteiger charge is -2.23. The van der Waals surface area contributed by atoms with Gasteiger partial charge < -0.3 is 15.3 Å². The maximum atomic E-state index is 14.0. The number of hydrogen-bond acceptors (Lipinski definition) is 5. The Balaban J connectivity index is 2.15. The van der Waals surface area contributed by atoms with Crippen molar-refractivity contribution in [3.63, 3.8) is 0 Å². The zero-order chi connectivity index (χ0) is 15.2. The Morgan fingerprint density at radius 3 is 2.76 bits per heavy atom. The van der Waals surface area contributed by atoms with Crippen LogP contribution >= 0.6 is 0 Å². The van der Waals surface area contributed by atoms with E-state index in [1.54, 1.807) is 0 Å². The van der Waals surface area contributed by atoms with Crippen molar-refractivity contribution < 1.29 is 13.9 Å². The van der Waals surface area contributed by atoms with Crippen LogP contribution in [0.15, 0.2) is 6.07 Å². The molecule has 7 heteroatoms. The Hall–Kier alpha value is -1.47. The van der Waals surface area contributed by atoms with Gasteiger partial charge in [0, 0.05) is 38.8 Å². The molecular weight excluding hydrogens is 278 g/mol. The van der Waals surface area contributed by atoms with Crippen molar-refractivity contribution in [2.24, 2.45) is 0 Å². The van der Waals surface area contributed by atoms with Gasteiger partial charge in [0.2, 0.25) is 0 Å². The molecule has 0 spiro atoms. The maximum Gasteiger partial charge on any atom is 0.168 e. The highest BCUT2D eigenvalue weighted by Crippen LogP contribution is 2.23. The molecule has 0 unspecified atom stereocenters. The monoisotopic (exact) mass is 300 g/mol. The standard InChI is InChI=1S/C14H22F2N4O/c1-2-17-13-11(15)10-12(16)14(18-13)20-5-3-4-19(6-7-20)8-9-21/h10,21H,2-9H2,1H3,(H,17,18). The molecule has 1 fully saturated rings. The van der Waals surface area contributed by atoms with Gasteiger partial charge in [0.25, 0.3) is 0 Å². The van der Waals surface area contributed by atoms with Crippen LogP contribution in [0.2, 0.25) is 0 Å². The van der Waals surface area contributed by atoms with E-state index in [4.69, 9.17) is 5.11 Å². The van der Waals surface area contributed by atoms with Crippen molar-refractivity contribution >= 4 is 11.6 Å². The van der Waals surface area contributed by atoms with E-state index in [1.165, 1.54) is 0 Å². The lowest BCUT2D eigenvalue weighted by Crippen LogP contribution is -2.33. The molecule has 5 nitrogen and oxygen atoms in total. The number of nitrogens with one attached hydrogen (secondary N) is 1. The van der Waals surface area contributed by atoms with Crippen LogP contribution < -0.4 is 10.2 Å². The van der Waals surface area contributed by atoms with Crippen molar-refractivity contribution in [2.75, 3.05) is 56.1 Å². The first-order valence-corrected chi connectivity index (χ1v) is 7.33. The van der Waals surface area contributed by atoms with Gasteiger partial charge in [-0.05, 0) is 19.9 Å². The van der Waals surface area contributed by atoms with Crippen molar-refractivity contribution in [3.8, 4) is 0 Å². The van der Waals surface area contributed by atoms with Gasteiger partial charge in [-0.1, -0.05) is 0 Å². The summed E-state index contributed by atoms with van der Waals surface area (Å²) in [6.07, 6.45) is 0.856. The van der Waals surface area contributed by atoms with E-state index in [9.17, 15) is 8.78 Å². The molecule has 0 atom stereocenters.